The summed E-state index contributed by atoms with van der Waals surface area (Å²) < 4.78 is 0. The van der Waals surface area contributed by atoms with E-state index in [1.54, 1.807) is 11.3 Å². The Morgan fingerprint density at radius 2 is 2.05 bits per heavy atom. The van der Waals surface area contributed by atoms with Crippen LogP contribution in [0.4, 0.5) is 0 Å². The quantitative estimate of drug-likeness (QED) is 0.833. The van der Waals surface area contributed by atoms with E-state index in [0.29, 0.717) is 13.0 Å². The minimum absolute atomic E-state index is 0. The molecule has 0 aromatic carbocycles. The van der Waals surface area contributed by atoms with Crippen LogP contribution in [-0.2, 0) is 10.3 Å². The molecule has 0 saturated carbocycles. The second-order valence-corrected chi connectivity index (χ2v) is 6.58. The molecule has 22 heavy (non-hydrogen) atoms. The minimum Gasteiger partial charge on any atom is -0.340 e. The molecule has 2 N–H and O–H groups in total. The molecule has 0 spiro atoms. The van der Waals surface area contributed by atoms with Crippen LogP contribution >= 0.6 is 36.2 Å². The standard InChI is InChI=1S/C14H24N4OS.2ClH/c1-11-10-20-13(17-11)14(2,3)16-5-4-12(19)18-8-6-15-7-9-18;;/h10,15-16H,4-9H2,1-3H3;2*1H. The van der Waals surface area contributed by atoms with Gasteiger partial charge in [0.2, 0.25) is 5.91 Å². The second kappa shape index (κ2) is 9.67. The van der Waals surface area contributed by atoms with Gasteiger partial charge >= 0.3 is 0 Å². The highest BCUT2D eigenvalue weighted by molar-refractivity contribution is 7.09. The third kappa shape index (κ3) is 6.01. The first-order valence-electron chi connectivity index (χ1n) is 7.15. The van der Waals surface area contributed by atoms with Gasteiger partial charge in [-0.25, -0.2) is 4.98 Å². The Bertz CT molecular complexity index is 461. The van der Waals surface area contributed by atoms with Crippen molar-refractivity contribution >= 4 is 42.1 Å². The maximum atomic E-state index is 12.1. The van der Waals surface area contributed by atoms with E-state index >= 15 is 0 Å². The number of piperazine rings is 1. The topological polar surface area (TPSA) is 57.3 Å². The zero-order chi connectivity index (χ0) is 14.6. The summed E-state index contributed by atoms with van der Waals surface area (Å²) in [6, 6.07) is 0. The Kier molecular flexibility index (Phi) is 9.50. The summed E-state index contributed by atoms with van der Waals surface area (Å²) in [5, 5.41) is 9.83. The number of hydrogen-bond acceptors (Lipinski definition) is 5. The van der Waals surface area contributed by atoms with Crippen LogP contribution in [0.1, 0.15) is 31.0 Å². The summed E-state index contributed by atoms with van der Waals surface area (Å²) in [6.45, 7) is 10.4. The van der Waals surface area contributed by atoms with E-state index in [1.807, 2.05) is 11.8 Å². The van der Waals surface area contributed by atoms with Crippen LogP contribution in [0.2, 0.25) is 0 Å². The molecule has 1 saturated heterocycles. The molecule has 5 nitrogen and oxygen atoms in total. The number of carbonyl (C=O) groups excluding carboxylic acids is 1. The lowest BCUT2D eigenvalue weighted by Crippen LogP contribution is -2.47. The lowest BCUT2D eigenvalue weighted by atomic mass is 10.1. The van der Waals surface area contributed by atoms with Crippen molar-refractivity contribution in [2.24, 2.45) is 0 Å². The van der Waals surface area contributed by atoms with Crippen molar-refractivity contribution in [1.29, 1.82) is 0 Å². The number of thiazole rings is 1. The Hall–Kier alpha value is -0.400. The molecule has 8 heteroatoms. The fourth-order valence-electron chi connectivity index (χ4n) is 2.27. The Morgan fingerprint density at radius 3 is 2.59 bits per heavy atom. The number of nitrogens with zero attached hydrogens (tertiary/aromatic N) is 2. The van der Waals surface area contributed by atoms with Crippen LogP contribution in [0.15, 0.2) is 5.38 Å². The highest BCUT2D eigenvalue weighted by Crippen LogP contribution is 2.23. The van der Waals surface area contributed by atoms with Crippen LogP contribution < -0.4 is 10.6 Å². The number of carbonyl (C=O) groups is 1. The van der Waals surface area contributed by atoms with Gasteiger partial charge in [-0.2, -0.15) is 0 Å². The molecule has 1 amide bonds. The van der Waals surface area contributed by atoms with E-state index in [9.17, 15) is 4.79 Å². The number of aryl methyl sites for hydroxylation is 1. The second-order valence-electron chi connectivity index (χ2n) is 5.73. The van der Waals surface area contributed by atoms with Gasteiger partial charge in [-0.3, -0.25) is 4.79 Å². The average Bonchev–Trinajstić information content (AvgIpc) is 2.87. The molecule has 1 aliphatic heterocycles. The monoisotopic (exact) mass is 368 g/mol. The Balaban J connectivity index is 0.00000220. The molecule has 0 atom stereocenters. The number of hydrogen-bond donors (Lipinski definition) is 2. The summed E-state index contributed by atoms with van der Waals surface area (Å²) >= 11 is 1.67. The van der Waals surface area contributed by atoms with Gasteiger partial charge in [0.05, 0.1) is 5.54 Å². The van der Waals surface area contributed by atoms with E-state index in [2.05, 4.69) is 34.8 Å². The zero-order valence-corrected chi connectivity index (χ0v) is 15.8. The first-order chi connectivity index (χ1) is 9.49. The van der Waals surface area contributed by atoms with E-state index in [-0.39, 0.29) is 36.3 Å². The number of nitrogens with one attached hydrogen (secondary N) is 2. The molecule has 128 valence electrons. The van der Waals surface area contributed by atoms with Gasteiger partial charge in [0.15, 0.2) is 0 Å². The first-order valence-corrected chi connectivity index (χ1v) is 8.03. The van der Waals surface area contributed by atoms with Crippen molar-refractivity contribution < 1.29 is 4.79 Å². The molecule has 0 unspecified atom stereocenters. The molecule has 0 radical (unpaired) electrons. The van der Waals surface area contributed by atoms with E-state index in [0.717, 1.165) is 36.9 Å². The predicted octanol–water partition coefficient (Wildman–Crippen LogP) is 1.94. The highest BCUT2D eigenvalue weighted by Gasteiger charge is 2.24. The van der Waals surface area contributed by atoms with Crippen molar-refractivity contribution in [1.82, 2.24) is 20.5 Å². The van der Waals surface area contributed by atoms with Crippen LogP contribution in [0.25, 0.3) is 0 Å². The van der Waals surface area contributed by atoms with Crippen LogP contribution in [-0.4, -0.2) is 48.5 Å². The number of halogens is 2. The maximum absolute atomic E-state index is 12.1. The van der Waals surface area contributed by atoms with Gasteiger partial charge in [-0.1, -0.05) is 0 Å². The van der Waals surface area contributed by atoms with Gasteiger partial charge in [-0.15, -0.1) is 36.2 Å². The molecule has 2 heterocycles. The number of amides is 1. The van der Waals surface area contributed by atoms with Gasteiger partial charge < -0.3 is 15.5 Å². The summed E-state index contributed by atoms with van der Waals surface area (Å²) in [5.41, 5.74) is 0.875. The van der Waals surface area contributed by atoms with Crippen molar-refractivity contribution in [2.75, 3.05) is 32.7 Å². The Morgan fingerprint density at radius 1 is 1.41 bits per heavy atom. The van der Waals surface area contributed by atoms with Gasteiger partial charge in [-0.05, 0) is 20.8 Å². The highest BCUT2D eigenvalue weighted by atomic mass is 35.5. The molecule has 1 aliphatic rings. The molecule has 0 bridgehead atoms. The molecule has 1 aromatic heterocycles. The fourth-order valence-corrected chi connectivity index (χ4v) is 3.17. The lowest BCUT2D eigenvalue weighted by molar-refractivity contribution is -0.131. The van der Waals surface area contributed by atoms with Crippen LogP contribution in [0, 0.1) is 6.92 Å². The summed E-state index contributed by atoms with van der Waals surface area (Å²) in [7, 11) is 0. The fraction of sp³-hybridized carbons (Fsp3) is 0.714. The summed E-state index contributed by atoms with van der Waals surface area (Å²) in [6.07, 6.45) is 0.549. The smallest absolute Gasteiger partial charge is 0.223 e. The normalized spacial score (nSPS) is 15.0. The SMILES string of the molecule is Cc1csc(C(C)(C)NCCC(=O)N2CCNCC2)n1.Cl.Cl. The van der Waals surface area contributed by atoms with E-state index < -0.39 is 0 Å². The van der Waals surface area contributed by atoms with Crippen molar-refractivity contribution in [2.45, 2.75) is 32.7 Å². The third-order valence-corrected chi connectivity index (χ3v) is 4.81. The number of aromatic nitrogens is 1. The molecule has 1 fully saturated rings. The third-order valence-electron chi connectivity index (χ3n) is 3.53. The van der Waals surface area contributed by atoms with Gasteiger partial charge in [0.1, 0.15) is 5.01 Å². The predicted molar refractivity (Wildman–Crippen MR) is 96.4 cm³/mol. The van der Waals surface area contributed by atoms with Crippen molar-refractivity contribution in [3.63, 3.8) is 0 Å². The zero-order valence-electron chi connectivity index (χ0n) is 13.3. The number of rotatable bonds is 5. The lowest BCUT2D eigenvalue weighted by Gasteiger charge is -2.28. The van der Waals surface area contributed by atoms with Crippen LogP contribution in [0.5, 0.6) is 0 Å². The van der Waals surface area contributed by atoms with Crippen molar-refractivity contribution in [3.8, 4) is 0 Å². The summed E-state index contributed by atoms with van der Waals surface area (Å²) in [4.78, 5) is 18.5. The first kappa shape index (κ1) is 21.6. The average molecular weight is 369 g/mol. The summed E-state index contributed by atoms with van der Waals surface area (Å²) in [5.74, 6) is 0.241. The Labute approximate surface area is 149 Å². The van der Waals surface area contributed by atoms with Crippen molar-refractivity contribution in [3.05, 3.63) is 16.1 Å². The minimum atomic E-state index is -0.178. The molecule has 1 aromatic rings. The molecule has 0 aliphatic carbocycles. The van der Waals surface area contributed by atoms with E-state index in [1.165, 1.54) is 0 Å². The van der Waals surface area contributed by atoms with Gasteiger partial charge in [0.25, 0.3) is 0 Å². The van der Waals surface area contributed by atoms with Crippen LogP contribution in [0.3, 0.4) is 0 Å². The van der Waals surface area contributed by atoms with E-state index in [4.69, 9.17) is 0 Å². The largest absolute Gasteiger partial charge is 0.340 e. The maximum Gasteiger partial charge on any atom is 0.223 e. The molecular weight excluding hydrogens is 343 g/mol. The molecule has 2 rings (SSSR count). The molecular formula is C14H26Cl2N4OS. The van der Waals surface area contributed by atoms with Gasteiger partial charge in [0, 0.05) is 50.2 Å².